The summed E-state index contributed by atoms with van der Waals surface area (Å²) in [5, 5.41) is 6.17. The zero-order valence-corrected chi connectivity index (χ0v) is 20.5. The van der Waals surface area contributed by atoms with Crippen LogP contribution in [0.3, 0.4) is 0 Å². The number of aromatic nitrogens is 1. The quantitative estimate of drug-likeness (QED) is 0.655. The topological polar surface area (TPSA) is 94.6 Å². The fourth-order valence-corrected chi connectivity index (χ4v) is 7.24. The summed E-state index contributed by atoms with van der Waals surface area (Å²) in [7, 11) is -1.63. The van der Waals surface area contributed by atoms with Crippen LogP contribution in [0.2, 0.25) is 0 Å². The van der Waals surface area contributed by atoms with Gasteiger partial charge in [-0.3, -0.25) is 4.79 Å². The van der Waals surface area contributed by atoms with E-state index < -0.39 is 10.0 Å². The Balaban J connectivity index is 1.39. The smallest absolute Gasteiger partial charge is 0.247 e. The third-order valence-corrected chi connectivity index (χ3v) is 9.44. The zero-order valence-electron chi connectivity index (χ0n) is 19.7. The van der Waals surface area contributed by atoms with Crippen molar-refractivity contribution >= 4 is 21.7 Å². The molecule has 1 spiro atoms. The summed E-state index contributed by atoms with van der Waals surface area (Å²) in [4.78, 5) is 18.3. The molecule has 2 N–H and O–H groups in total. The molecule has 4 heterocycles. The molecule has 2 aromatic rings. The van der Waals surface area contributed by atoms with Crippen molar-refractivity contribution in [2.75, 3.05) is 38.5 Å². The lowest BCUT2D eigenvalue weighted by Crippen LogP contribution is -2.52. The van der Waals surface area contributed by atoms with Gasteiger partial charge in [-0.15, -0.1) is 0 Å². The first-order valence-corrected chi connectivity index (χ1v) is 13.6. The van der Waals surface area contributed by atoms with Gasteiger partial charge in [0.15, 0.2) is 0 Å². The summed E-state index contributed by atoms with van der Waals surface area (Å²) >= 11 is 0. The van der Waals surface area contributed by atoms with Crippen LogP contribution in [-0.4, -0.2) is 67.8 Å². The minimum absolute atomic E-state index is 0.0827. The Hall–Kier alpha value is -2.49. The third kappa shape index (κ3) is 4.44. The van der Waals surface area contributed by atoms with E-state index in [0.29, 0.717) is 31.9 Å². The number of anilines is 1. The lowest BCUT2D eigenvalue weighted by molar-refractivity contribution is -0.119. The van der Waals surface area contributed by atoms with Crippen LogP contribution < -0.4 is 10.6 Å². The number of benzene rings is 1. The van der Waals surface area contributed by atoms with Crippen LogP contribution in [0.15, 0.2) is 47.5 Å². The molecule has 0 aliphatic carbocycles. The van der Waals surface area contributed by atoms with Crippen molar-refractivity contribution in [2.45, 2.75) is 55.0 Å². The first-order chi connectivity index (χ1) is 16.4. The van der Waals surface area contributed by atoms with Crippen molar-refractivity contribution in [2.24, 2.45) is 0 Å². The number of pyridine rings is 1. The van der Waals surface area contributed by atoms with Gasteiger partial charge in [0.1, 0.15) is 10.7 Å². The average Bonchev–Trinajstić information content (AvgIpc) is 3.26. The fourth-order valence-electron chi connectivity index (χ4n) is 5.62. The van der Waals surface area contributed by atoms with E-state index in [2.05, 4.69) is 45.8 Å². The van der Waals surface area contributed by atoms with Crippen LogP contribution in [-0.2, 0) is 26.8 Å². The Kier molecular flexibility index (Phi) is 6.35. The van der Waals surface area contributed by atoms with Gasteiger partial charge < -0.3 is 15.5 Å². The van der Waals surface area contributed by atoms with Gasteiger partial charge >= 0.3 is 0 Å². The predicted molar refractivity (Wildman–Crippen MR) is 131 cm³/mol. The number of fused-ring (bicyclic) bond motifs is 2. The van der Waals surface area contributed by atoms with Crippen molar-refractivity contribution in [1.82, 2.24) is 19.5 Å². The maximum Gasteiger partial charge on any atom is 0.247 e. The Labute approximate surface area is 201 Å². The molecule has 5 rings (SSSR count). The lowest BCUT2D eigenvalue weighted by Gasteiger charge is -2.47. The minimum atomic E-state index is -3.76. The second-order valence-electron chi connectivity index (χ2n) is 9.88. The molecule has 0 radical (unpaired) electrons. The molecule has 0 bridgehead atoms. The van der Waals surface area contributed by atoms with E-state index in [4.69, 9.17) is 0 Å². The number of hydrogen-bond acceptors (Lipinski definition) is 6. The summed E-state index contributed by atoms with van der Waals surface area (Å²) in [5.74, 6) is 0.461. The summed E-state index contributed by atoms with van der Waals surface area (Å²) in [6.45, 7) is 3.32. The number of rotatable bonds is 6. The van der Waals surface area contributed by atoms with E-state index >= 15 is 0 Å². The summed E-state index contributed by atoms with van der Waals surface area (Å²) < 4.78 is 29.6. The normalized spacial score (nSPS) is 23.0. The monoisotopic (exact) mass is 483 g/mol. The molecular formula is C25H33N5O3S. The van der Waals surface area contributed by atoms with Crippen molar-refractivity contribution < 1.29 is 13.2 Å². The number of carbonyl (C=O) groups excluding carboxylic acids is 1. The van der Waals surface area contributed by atoms with Gasteiger partial charge in [0.2, 0.25) is 15.9 Å². The molecule has 3 aliphatic heterocycles. The average molecular weight is 484 g/mol. The lowest BCUT2D eigenvalue weighted by atomic mass is 9.69. The summed E-state index contributed by atoms with van der Waals surface area (Å²) in [5.41, 5.74) is 2.24. The second kappa shape index (κ2) is 9.28. The van der Waals surface area contributed by atoms with Gasteiger partial charge in [0.25, 0.3) is 0 Å². The zero-order chi connectivity index (χ0) is 23.8. The molecule has 2 saturated heterocycles. The van der Waals surface area contributed by atoms with Crippen molar-refractivity contribution in [1.29, 1.82) is 0 Å². The van der Waals surface area contributed by atoms with E-state index in [1.807, 2.05) is 6.07 Å². The van der Waals surface area contributed by atoms with Gasteiger partial charge in [-0.05, 0) is 69.1 Å². The van der Waals surface area contributed by atoms with Gasteiger partial charge in [0, 0.05) is 43.7 Å². The molecular weight excluding hydrogens is 450 g/mol. The number of sulfonamides is 1. The standard InChI is InChI=1S/C25H33N5O3S/c1-29-15-11-25(12-16-29)18-30(17-19-5-2-3-6-21(19)25)34(32,33)22-7-4-13-26-24(22)27-14-10-20-8-9-23(31)28-20/h2-7,13,20H,8-12,14-18H2,1H3,(H,26,27)(H,28,31). The van der Waals surface area contributed by atoms with Gasteiger partial charge in [-0.25, -0.2) is 13.4 Å². The molecule has 1 amide bonds. The molecule has 9 heteroatoms. The van der Waals surface area contributed by atoms with Crippen LogP contribution in [0.4, 0.5) is 5.82 Å². The van der Waals surface area contributed by atoms with Crippen LogP contribution in [0, 0.1) is 0 Å². The highest BCUT2D eigenvalue weighted by Gasteiger charge is 2.45. The Morgan fingerprint density at radius 2 is 1.97 bits per heavy atom. The van der Waals surface area contributed by atoms with E-state index in [-0.39, 0.29) is 22.3 Å². The number of hydrogen-bond donors (Lipinski definition) is 2. The van der Waals surface area contributed by atoms with Gasteiger partial charge in [0.05, 0.1) is 0 Å². The largest absolute Gasteiger partial charge is 0.369 e. The van der Waals surface area contributed by atoms with Crippen molar-refractivity contribution in [3.63, 3.8) is 0 Å². The van der Waals surface area contributed by atoms with Crippen LogP contribution in [0.1, 0.15) is 43.2 Å². The number of nitrogens with zero attached hydrogens (tertiary/aromatic N) is 3. The maximum atomic E-state index is 13.9. The number of likely N-dealkylation sites (tertiary alicyclic amines) is 1. The van der Waals surface area contributed by atoms with E-state index in [0.717, 1.165) is 44.3 Å². The van der Waals surface area contributed by atoms with E-state index in [9.17, 15) is 13.2 Å². The Morgan fingerprint density at radius 3 is 2.74 bits per heavy atom. The minimum Gasteiger partial charge on any atom is -0.369 e. The second-order valence-corrected chi connectivity index (χ2v) is 11.8. The molecule has 182 valence electrons. The van der Waals surface area contributed by atoms with Crippen LogP contribution in [0.5, 0.6) is 0 Å². The number of piperidine rings is 1. The highest BCUT2D eigenvalue weighted by molar-refractivity contribution is 7.89. The maximum absolute atomic E-state index is 13.9. The SMILES string of the molecule is CN1CCC2(CC1)CN(S(=O)(=O)c1cccnc1NCCC1CCC(=O)N1)Cc1ccccc12. The molecule has 34 heavy (non-hydrogen) atoms. The summed E-state index contributed by atoms with van der Waals surface area (Å²) in [6, 6.07) is 11.8. The first kappa shape index (κ1) is 23.3. The van der Waals surface area contributed by atoms with Crippen LogP contribution in [0.25, 0.3) is 0 Å². The third-order valence-electron chi connectivity index (χ3n) is 7.62. The van der Waals surface area contributed by atoms with E-state index in [1.165, 1.54) is 5.56 Å². The molecule has 8 nitrogen and oxygen atoms in total. The van der Waals surface area contributed by atoms with Gasteiger partial charge in [-0.1, -0.05) is 24.3 Å². The Morgan fingerprint density at radius 1 is 1.18 bits per heavy atom. The molecule has 2 fully saturated rings. The number of amides is 1. The molecule has 1 atom stereocenters. The Bertz CT molecular complexity index is 1160. The molecule has 3 aliphatic rings. The van der Waals surface area contributed by atoms with Crippen molar-refractivity contribution in [3.05, 3.63) is 53.7 Å². The fraction of sp³-hybridized carbons (Fsp3) is 0.520. The van der Waals surface area contributed by atoms with E-state index in [1.54, 1.807) is 22.6 Å². The van der Waals surface area contributed by atoms with Gasteiger partial charge in [-0.2, -0.15) is 4.31 Å². The number of carbonyl (C=O) groups is 1. The molecule has 1 aromatic heterocycles. The van der Waals surface area contributed by atoms with Crippen molar-refractivity contribution in [3.8, 4) is 0 Å². The highest BCUT2D eigenvalue weighted by atomic mass is 32.2. The predicted octanol–water partition coefficient (Wildman–Crippen LogP) is 2.33. The first-order valence-electron chi connectivity index (χ1n) is 12.1. The number of nitrogens with one attached hydrogen (secondary N) is 2. The highest BCUT2D eigenvalue weighted by Crippen LogP contribution is 2.43. The van der Waals surface area contributed by atoms with Crippen LogP contribution >= 0.6 is 0 Å². The summed E-state index contributed by atoms with van der Waals surface area (Å²) in [6.07, 6.45) is 5.61. The molecule has 1 unspecified atom stereocenters. The molecule has 0 saturated carbocycles. The molecule has 1 aromatic carbocycles.